The molecule has 0 spiro atoms. The van der Waals surface area contributed by atoms with Crippen molar-refractivity contribution in [3.63, 3.8) is 0 Å². The van der Waals surface area contributed by atoms with Gasteiger partial charge in [-0.05, 0) is 6.42 Å². The second-order valence-corrected chi connectivity index (χ2v) is 6.48. The molecule has 0 aromatic heterocycles. The van der Waals surface area contributed by atoms with Gasteiger partial charge in [0.2, 0.25) is 0 Å². The Morgan fingerprint density at radius 2 is 1.65 bits per heavy atom. The minimum Gasteiger partial charge on any atom is -0.512 e. The number of rotatable bonds is 6. The van der Waals surface area contributed by atoms with E-state index in [2.05, 4.69) is 6.92 Å². The molecule has 0 radical (unpaired) electrons. The summed E-state index contributed by atoms with van der Waals surface area (Å²) in [6, 6.07) is 0. The van der Waals surface area contributed by atoms with Crippen LogP contribution in [0.5, 0.6) is 0 Å². The molecule has 2 heteroatoms. The standard InChI is InChI=1S/C15H28O2/c1-7-8-9-10-15(5,6)13(17)11-12(16)14(2,3)4/h11,16H,7-10H2,1-6H3/b12-11-. The van der Waals surface area contributed by atoms with Crippen LogP contribution in [0.1, 0.15) is 67.2 Å². The van der Waals surface area contributed by atoms with Gasteiger partial charge in [0.1, 0.15) is 5.76 Å². The van der Waals surface area contributed by atoms with Crippen molar-refractivity contribution in [2.45, 2.75) is 67.2 Å². The number of hydrogen-bond donors (Lipinski definition) is 1. The minimum absolute atomic E-state index is 0.0287. The fourth-order valence-corrected chi connectivity index (χ4v) is 1.48. The molecule has 0 bridgehead atoms. The molecule has 0 atom stereocenters. The molecule has 0 saturated heterocycles. The molecule has 0 fully saturated rings. The highest BCUT2D eigenvalue weighted by Crippen LogP contribution is 2.28. The summed E-state index contributed by atoms with van der Waals surface area (Å²) in [4.78, 5) is 12.1. The summed E-state index contributed by atoms with van der Waals surface area (Å²) in [5, 5.41) is 9.83. The van der Waals surface area contributed by atoms with Crippen LogP contribution in [-0.4, -0.2) is 10.9 Å². The molecule has 0 rings (SSSR count). The van der Waals surface area contributed by atoms with Crippen molar-refractivity contribution in [2.75, 3.05) is 0 Å². The smallest absolute Gasteiger partial charge is 0.164 e. The minimum atomic E-state index is -0.367. The lowest BCUT2D eigenvalue weighted by Crippen LogP contribution is -2.24. The number of ketones is 1. The van der Waals surface area contributed by atoms with Gasteiger partial charge in [0, 0.05) is 16.9 Å². The Kier molecular flexibility index (Phi) is 5.94. The van der Waals surface area contributed by atoms with E-state index >= 15 is 0 Å². The van der Waals surface area contributed by atoms with Crippen molar-refractivity contribution in [3.05, 3.63) is 11.8 Å². The van der Waals surface area contributed by atoms with Crippen molar-refractivity contribution in [2.24, 2.45) is 10.8 Å². The van der Waals surface area contributed by atoms with Crippen LogP contribution in [-0.2, 0) is 4.79 Å². The van der Waals surface area contributed by atoms with Gasteiger partial charge in [0.25, 0.3) is 0 Å². The number of allylic oxidation sites excluding steroid dienone is 2. The molecule has 0 amide bonds. The number of aliphatic hydroxyl groups is 1. The lowest BCUT2D eigenvalue weighted by molar-refractivity contribution is -0.122. The summed E-state index contributed by atoms with van der Waals surface area (Å²) >= 11 is 0. The summed E-state index contributed by atoms with van der Waals surface area (Å²) in [6.07, 6.45) is 5.68. The van der Waals surface area contributed by atoms with Gasteiger partial charge >= 0.3 is 0 Å². The first-order valence-electron chi connectivity index (χ1n) is 6.57. The third-order valence-electron chi connectivity index (χ3n) is 3.11. The normalized spacial score (nSPS) is 13.9. The molecule has 0 saturated carbocycles. The highest BCUT2D eigenvalue weighted by atomic mass is 16.3. The highest BCUT2D eigenvalue weighted by Gasteiger charge is 2.27. The Balaban J connectivity index is 4.58. The van der Waals surface area contributed by atoms with E-state index < -0.39 is 0 Å². The Labute approximate surface area is 106 Å². The molecular formula is C15H28O2. The molecule has 0 aromatic carbocycles. The molecule has 0 aliphatic carbocycles. The second kappa shape index (κ2) is 6.23. The zero-order valence-electron chi connectivity index (χ0n) is 12.3. The lowest BCUT2D eigenvalue weighted by atomic mass is 9.81. The zero-order valence-corrected chi connectivity index (χ0v) is 12.3. The van der Waals surface area contributed by atoms with Crippen LogP contribution in [0, 0.1) is 10.8 Å². The molecule has 2 nitrogen and oxygen atoms in total. The Bertz CT molecular complexity index is 280. The maximum Gasteiger partial charge on any atom is 0.164 e. The van der Waals surface area contributed by atoms with Gasteiger partial charge < -0.3 is 5.11 Å². The molecule has 17 heavy (non-hydrogen) atoms. The van der Waals surface area contributed by atoms with E-state index in [0.717, 1.165) is 25.7 Å². The summed E-state index contributed by atoms with van der Waals surface area (Å²) in [6.45, 7) is 11.8. The average Bonchev–Trinajstić information content (AvgIpc) is 2.16. The zero-order chi connectivity index (χ0) is 13.7. The van der Waals surface area contributed by atoms with Crippen LogP contribution < -0.4 is 0 Å². The van der Waals surface area contributed by atoms with E-state index in [1.807, 2.05) is 34.6 Å². The van der Waals surface area contributed by atoms with E-state index in [-0.39, 0.29) is 22.4 Å². The molecule has 100 valence electrons. The van der Waals surface area contributed by atoms with Crippen molar-refractivity contribution in [1.82, 2.24) is 0 Å². The first-order chi connectivity index (χ1) is 7.61. The third-order valence-corrected chi connectivity index (χ3v) is 3.11. The van der Waals surface area contributed by atoms with Gasteiger partial charge in [-0.3, -0.25) is 4.79 Å². The number of carbonyl (C=O) groups excluding carboxylic acids is 1. The first kappa shape index (κ1) is 16.2. The van der Waals surface area contributed by atoms with E-state index in [4.69, 9.17) is 0 Å². The topological polar surface area (TPSA) is 37.3 Å². The predicted octanol–water partition coefficient (Wildman–Crippen LogP) is 4.65. The lowest BCUT2D eigenvalue weighted by Gasteiger charge is -2.23. The summed E-state index contributed by atoms with van der Waals surface area (Å²) < 4.78 is 0. The predicted molar refractivity (Wildman–Crippen MR) is 73.1 cm³/mol. The van der Waals surface area contributed by atoms with E-state index in [1.54, 1.807) is 0 Å². The molecule has 0 aromatic rings. The van der Waals surface area contributed by atoms with Gasteiger partial charge in [-0.1, -0.05) is 60.8 Å². The van der Waals surface area contributed by atoms with Crippen molar-refractivity contribution in [1.29, 1.82) is 0 Å². The SMILES string of the molecule is CCCCCC(C)(C)C(=O)/C=C(\O)C(C)(C)C. The van der Waals surface area contributed by atoms with Crippen LogP contribution in [0.3, 0.4) is 0 Å². The van der Waals surface area contributed by atoms with Gasteiger partial charge in [0.05, 0.1) is 0 Å². The number of aliphatic hydroxyl groups excluding tert-OH is 1. The average molecular weight is 240 g/mol. The van der Waals surface area contributed by atoms with Crippen molar-refractivity contribution < 1.29 is 9.90 Å². The van der Waals surface area contributed by atoms with Gasteiger partial charge in [0.15, 0.2) is 5.78 Å². The van der Waals surface area contributed by atoms with E-state index in [1.165, 1.54) is 6.08 Å². The van der Waals surface area contributed by atoms with Crippen LogP contribution >= 0.6 is 0 Å². The van der Waals surface area contributed by atoms with Crippen LogP contribution in [0.25, 0.3) is 0 Å². The Hall–Kier alpha value is -0.790. The van der Waals surface area contributed by atoms with Crippen LogP contribution in [0.15, 0.2) is 11.8 Å². The number of hydrogen-bond acceptors (Lipinski definition) is 2. The fraction of sp³-hybridized carbons (Fsp3) is 0.800. The van der Waals surface area contributed by atoms with Crippen LogP contribution in [0.4, 0.5) is 0 Å². The third kappa shape index (κ3) is 5.90. The largest absolute Gasteiger partial charge is 0.512 e. The molecule has 0 heterocycles. The summed E-state index contributed by atoms with van der Waals surface area (Å²) in [7, 11) is 0. The second-order valence-electron chi connectivity index (χ2n) is 6.48. The molecular weight excluding hydrogens is 212 g/mol. The van der Waals surface area contributed by atoms with Crippen molar-refractivity contribution >= 4 is 5.78 Å². The number of carbonyl (C=O) groups is 1. The van der Waals surface area contributed by atoms with Crippen LogP contribution in [0.2, 0.25) is 0 Å². The molecule has 0 aliphatic rings. The Morgan fingerprint density at radius 3 is 2.06 bits per heavy atom. The molecule has 1 N–H and O–H groups in total. The number of unbranched alkanes of at least 4 members (excludes halogenated alkanes) is 2. The van der Waals surface area contributed by atoms with Gasteiger partial charge in [-0.2, -0.15) is 0 Å². The van der Waals surface area contributed by atoms with E-state index in [0.29, 0.717) is 0 Å². The maximum absolute atomic E-state index is 12.1. The first-order valence-corrected chi connectivity index (χ1v) is 6.57. The van der Waals surface area contributed by atoms with Crippen molar-refractivity contribution in [3.8, 4) is 0 Å². The molecule has 0 unspecified atom stereocenters. The summed E-state index contributed by atoms with van der Waals surface area (Å²) in [5.41, 5.74) is -0.719. The fourth-order valence-electron chi connectivity index (χ4n) is 1.48. The quantitative estimate of drug-likeness (QED) is 0.417. The van der Waals surface area contributed by atoms with Gasteiger partial charge in [-0.25, -0.2) is 0 Å². The summed E-state index contributed by atoms with van der Waals surface area (Å²) in [5.74, 6) is 0.201. The monoisotopic (exact) mass is 240 g/mol. The van der Waals surface area contributed by atoms with Gasteiger partial charge in [-0.15, -0.1) is 0 Å². The molecule has 0 aliphatic heterocycles. The Morgan fingerprint density at radius 1 is 1.12 bits per heavy atom. The highest BCUT2D eigenvalue weighted by molar-refractivity contribution is 5.94. The van der Waals surface area contributed by atoms with E-state index in [9.17, 15) is 9.90 Å². The maximum atomic E-state index is 12.1.